The molecule has 4 N–H and O–H groups in total. The van der Waals surface area contributed by atoms with Crippen molar-refractivity contribution < 1.29 is 18.1 Å². The van der Waals surface area contributed by atoms with Gasteiger partial charge in [0.05, 0.1) is 17.1 Å². The van der Waals surface area contributed by atoms with Gasteiger partial charge in [-0.2, -0.15) is 13.7 Å². The molecule has 26 heavy (non-hydrogen) atoms. The zero-order valence-corrected chi connectivity index (χ0v) is 15.0. The van der Waals surface area contributed by atoms with Crippen LogP contribution in [0.5, 0.6) is 0 Å². The predicted molar refractivity (Wildman–Crippen MR) is 97.7 cm³/mol. The van der Waals surface area contributed by atoms with Crippen LogP contribution in [0.4, 0.5) is 11.6 Å². The second kappa shape index (κ2) is 8.62. The first-order chi connectivity index (χ1) is 12.3. The maximum Gasteiger partial charge on any atom is 0.294 e. The molecule has 0 aliphatic rings. The Morgan fingerprint density at radius 2 is 1.88 bits per heavy atom. The van der Waals surface area contributed by atoms with E-state index in [4.69, 9.17) is 9.66 Å². The van der Waals surface area contributed by atoms with E-state index in [9.17, 15) is 13.7 Å². The van der Waals surface area contributed by atoms with E-state index in [1.807, 2.05) is 6.92 Å². The van der Waals surface area contributed by atoms with E-state index in [1.165, 1.54) is 12.1 Å². The van der Waals surface area contributed by atoms with Gasteiger partial charge in [0.25, 0.3) is 10.1 Å². The predicted octanol–water partition coefficient (Wildman–Crippen LogP) is 1.57. The minimum atomic E-state index is -4.20. The minimum absolute atomic E-state index is 0.0248. The standard InChI is InChI=1S/C17H20N4O4S/c1-12-10-16(19-8-9-22)21-17(15(12)11-18)20-7-6-13-2-4-14(5-3-13)26(23,24)25/h2-5,10,22H,6-9H2,1H3,(H2,19,20,21)(H,23,24,25). The average molecular weight is 376 g/mol. The van der Waals surface area contributed by atoms with Crippen LogP contribution in [0.3, 0.4) is 0 Å². The number of hydrogen-bond acceptors (Lipinski definition) is 7. The summed E-state index contributed by atoms with van der Waals surface area (Å²) in [4.78, 5) is 4.20. The molecule has 1 heterocycles. The fourth-order valence-corrected chi connectivity index (χ4v) is 2.85. The number of nitrogens with one attached hydrogen (secondary N) is 2. The lowest BCUT2D eigenvalue weighted by molar-refractivity contribution is 0.311. The van der Waals surface area contributed by atoms with Gasteiger partial charge in [0.2, 0.25) is 0 Å². The van der Waals surface area contributed by atoms with Crippen molar-refractivity contribution in [1.82, 2.24) is 4.98 Å². The Labute approximate surface area is 152 Å². The first-order valence-corrected chi connectivity index (χ1v) is 9.36. The van der Waals surface area contributed by atoms with E-state index >= 15 is 0 Å². The molecule has 2 aromatic rings. The first kappa shape index (κ1) is 19.7. The Bertz CT molecular complexity index is 906. The summed E-state index contributed by atoms with van der Waals surface area (Å²) in [5.74, 6) is 1.01. The number of hydrogen-bond donors (Lipinski definition) is 4. The number of anilines is 2. The number of aliphatic hydroxyl groups excluding tert-OH is 1. The third-order valence-electron chi connectivity index (χ3n) is 3.67. The highest BCUT2D eigenvalue weighted by Gasteiger charge is 2.11. The summed E-state index contributed by atoms with van der Waals surface area (Å²) in [5.41, 5.74) is 2.08. The number of aromatic nitrogens is 1. The summed E-state index contributed by atoms with van der Waals surface area (Å²) in [6.45, 7) is 2.63. The number of aliphatic hydroxyl groups is 1. The van der Waals surface area contributed by atoms with Gasteiger partial charge in [-0.05, 0) is 42.7 Å². The summed E-state index contributed by atoms with van der Waals surface area (Å²) in [5, 5.41) is 24.3. The molecule has 0 fully saturated rings. The summed E-state index contributed by atoms with van der Waals surface area (Å²) in [6, 6.07) is 9.79. The smallest absolute Gasteiger partial charge is 0.294 e. The highest BCUT2D eigenvalue weighted by Crippen LogP contribution is 2.20. The van der Waals surface area contributed by atoms with E-state index in [2.05, 4.69) is 21.7 Å². The molecular weight excluding hydrogens is 356 g/mol. The van der Waals surface area contributed by atoms with Crippen LogP contribution in [0.15, 0.2) is 35.2 Å². The lowest BCUT2D eigenvalue weighted by Gasteiger charge is -2.12. The Hall–Kier alpha value is -2.67. The summed E-state index contributed by atoms with van der Waals surface area (Å²) in [6.07, 6.45) is 0.575. The Kier molecular flexibility index (Phi) is 6.52. The second-order valence-corrected chi connectivity index (χ2v) is 7.03. The Morgan fingerprint density at radius 1 is 1.19 bits per heavy atom. The third kappa shape index (κ3) is 5.16. The molecule has 0 saturated carbocycles. The molecule has 9 heteroatoms. The van der Waals surface area contributed by atoms with Gasteiger partial charge in [-0.15, -0.1) is 0 Å². The van der Waals surface area contributed by atoms with Crippen LogP contribution in [0.2, 0.25) is 0 Å². The van der Waals surface area contributed by atoms with Gasteiger partial charge in [0, 0.05) is 13.1 Å². The number of nitriles is 1. The van der Waals surface area contributed by atoms with Gasteiger partial charge in [0.1, 0.15) is 17.7 Å². The first-order valence-electron chi connectivity index (χ1n) is 7.92. The number of aryl methyl sites for hydroxylation is 1. The molecule has 0 spiro atoms. The zero-order valence-electron chi connectivity index (χ0n) is 14.2. The molecule has 1 aromatic heterocycles. The SMILES string of the molecule is Cc1cc(NCCO)nc(NCCc2ccc(S(=O)(=O)O)cc2)c1C#N. The molecule has 8 nitrogen and oxygen atoms in total. The van der Waals surface area contributed by atoms with Crippen molar-refractivity contribution in [3.05, 3.63) is 47.0 Å². The van der Waals surface area contributed by atoms with E-state index < -0.39 is 10.1 Å². The van der Waals surface area contributed by atoms with Crippen molar-refractivity contribution in [3.63, 3.8) is 0 Å². The second-order valence-electron chi connectivity index (χ2n) is 5.61. The van der Waals surface area contributed by atoms with Crippen molar-refractivity contribution in [1.29, 1.82) is 5.26 Å². The van der Waals surface area contributed by atoms with E-state index in [0.29, 0.717) is 36.7 Å². The van der Waals surface area contributed by atoms with Crippen LogP contribution in [-0.2, 0) is 16.5 Å². The van der Waals surface area contributed by atoms with Gasteiger partial charge in [-0.1, -0.05) is 12.1 Å². The lowest BCUT2D eigenvalue weighted by atomic mass is 10.1. The number of rotatable bonds is 8. The van der Waals surface area contributed by atoms with Crippen molar-refractivity contribution in [3.8, 4) is 6.07 Å². The van der Waals surface area contributed by atoms with Crippen LogP contribution in [0, 0.1) is 18.3 Å². The molecule has 0 radical (unpaired) electrons. The quantitative estimate of drug-likeness (QED) is 0.510. The highest BCUT2D eigenvalue weighted by atomic mass is 32.2. The summed E-state index contributed by atoms with van der Waals surface area (Å²) < 4.78 is 31.0. The van der Waals surface area contributed by atoms with Gasteiger partial charge in [-0.25, -0.2) is 4.98 Å². The topological polar surface area (TPSA) is 135 Å². The van der Waals surface area contributed by atoms with Gasteiger partial charge in [0.15, 0.2) is 0 Å². The van der Waals surface area contributed by atoms with Crippen molar-refractivity contribution >= 4 is 21.8 Å². The molecule has 0 atom stereocenters. The molecule has 0 bridgehead atoms. The van der Waals surface area contributed by atoms with Gasteiger partial charge in [-0.3, -0.25) is 4.55 Å². The van der Waals surface area contributed by atoms with Crippen molar-refractivity contribution in [2.45, 2.75) is 18.2 Å². The van der Waals surface area contributed by atoms with Gasteiger partial charge >= 0.3 is 0 Å². The maximum atomic E-state index is 11.0. The number of nitrogens with zero attached hydrogens (tertiary/aromatic N) is 2. The average Bonchev–Trinajstić information content (AvgIpc) is 2.59. The lowest BCUT2D eigenvalue weighted by Crippen LogP contribution is -2.12. The fourth-order valence-electron chi connectivity index (χ4n) is 2.37. The van der Waals surface area contributed by atoms with Crippen LogP contribution in [-0.4, -0.2) is 42.8 Å². The molecule has 138 valence electrons. The largest absolute Gasteiger partial charge is 0.395 e. The van der Waals surface area contributed by atoms with Crippen molar-refractivity contribution in [2.75, 3.05) is 30.3 Å². The number of benzene rings is 1. The molecule has 0 aliphatic heterocycles. The summed E-state index contributed by atoms with van der Waals surface area (Å²) >= 11 is 0. The monoisotopic (exact) mass is 376 g/mol. The van der Waals surface area contributed by atoms with Gasteiger partial charge < -0.3 is 15.7 Å². The summed E-state index contributed by atoms with van der Waals surface area (Å²) in [7, 11) is -4.20. The van der Waals surface area contributed by atoms with E-state index in [0.717, 1.165) is 11.1 Å². The molecule has 0 amide bonds. The molecule has 1 aromatic carbocycles. The maximum absolute atomic E-state index is 11.0. The van der Waals surface area contributed by atoms with Crippen molar-refractivity contribution in [2.24, 2.45) is 0 Å². The molecule has 0 aliphatic carbocycles. The molecular formula is C17H20N4O4S. The minimum Gasteiger partial charge on any atom is -0.395 e. The van der Waals surface area contributed by atoms with Crippen LogP contribution in [0.1, 0.15) is 16.7 Å². The fraction of sp³-hybridized carbons (Fsp3) is 0.294. The third-order valence-corrected chi connectivity index (χ3v) is 4.54. The van der Waals surface area contributed by atoms with Crippen LogP contribution < -0.4 is 10.6 Å². The Morgan fingerprint density at radius 3 is 2.46 bits per heavy atom. The highest BCUT2D eigenvalue weighted by molar-refractivity contribution is 7.85. The number of pyridine rings is 1. The molecule has 0 saturated heterocycles. The normalized spacial score (nSPS) is 11.0. The Balaban J connectivity index is 2.06. The molecule has 0 unspecified atom stereocenters. The van der Waals surface area contributed by atoms with Crippen LogP contribution >= 0.6 is 0 Å². The zero-order chi connectivity index (χ0) is 19.2. The van der Waals surface area contributed by atoms with Crippen LogP contribution in [0.25, 0.3) is 0 Å². The van der Waals surface area contributed by atoms with E-state index in [1.54, 1.807) is 18.2 Å². The van der Waals surface area contributed by atoms with E-state index in [-0.39, 0.29) is 11.5 Å². The molecule has 2 rings (SSSR count).